The summed E-state index contributed by atoms with van der Waals surface area (Å²) in [5, 5.41) is 4.19. The lowest BCUT2D eigenvalue weighted by Crippen LogP contribution is -2.43. The summed E-state index contributed by atoms with van der Waals surface area (Å²) in [4.78, 5) is 12.5. The largest absolute Gasteiger partial charge is 0.493 e. The van der Waals surface area contributed by atoms with Crippen molar-refractivity contribution in [2.45, 2.75) is 46.7 Å². The number of hydrogen-bond acceptors (Lipinski definition) is 4. The first-order valence-electron chi connectivity index (χ1n) is 6.11. The lowest BCUT2D eigenvalue weighted by molar-refractivity contribution is 0.0885. The number of ketones is 1. The fourth-order valence-electron chi connectivity index (χ4n) is 1.66. The van der Waals surface area contributed by atoms with E-state index in [1.807, 2.05) is 34.6 Å². The van der Waals surface area contributed by atoms with Crippen LogP contribution >= 0.6 is 0 Å². The molecule has 2 N–H and O–H groups in total. The minimum Gasteiger partial charge on any atom is -0.493 e. The van der Waals surface area contributed by atoms with Crippen LogP contribution in [-0.4, -0.2) is 28.7 Å². The fraction of sp³-hybridized carbons (Fsp3) is 0.692. The topological polar surface area (TPSA) is 70.1 Å². The molecule has 5 nitrogen and oxygen atoms in total. The van der Waals surface area contributed by atoms with Crippen molar-refractivity contribution in [3.63, 3.8) is 0 Å². The van der Waals surface area contributed by atoms with Gasteiger partial charge in [0.05, 0.1) is 19.3 Å². The summed E-state index contributed by atoms with van der Waals surface area (Å²) >= 11 is 0. The third-order valence-electron chi connectivity index (χ3n) is 2.92. The Kier molecular flexibility index (Phi) is 4.16. The predicted molar refractivity (Wildman–Crippen MR) is 70.9 cm³/mol. The summed E-state index contributed by atoms with van der Waals surface area (Å²) < 4.78 is 6.86. The molecule has 102 valence electrons. The number of aromatic nitrogens is 2. The van der Waals surface area contributed by atoms with E-state index in [4.69, 9.17) is 10.5 Å². The molecule has 0 amide bonds. The Morgan fingerprint density at radius 1 is 1.44 bits per heavy atom. The van der Waals surface area contributed by atoms with Crippen LogP contribution in [-0.2, 0) is 0 Å². The van der Waals surface area contributed by atoms with E-state index in [0.717, 1.165) is 0 Å². The minimum absolute atomic E-state index is 0.0834. The van der Waals surface area contributed by atoms with Gasteiger partial charge < -0.3 is 10.5 Å². The van der Waals surface area contributed by atoms with Gasteiger partial charge in [0.2, 0.25) is 5.78 Å². The van der Waals surface area contributed by atoms with Crippen molar-refractivity contribution in [1.29, 1.82) is 0 Å². The molecule has 1 aromatic heterocycles. The molecule has 0 saturated heterocycles. The molecule has 1 rings (SSSR count). The molecule has 0 radical (unpaired) electrons. The first-order chi connectivity index (χ1) is 8.20. The molecule has 1 unspecified atom stereocenters. The van der Waals surface area contributed by atoms with E-state index in [1.165, 1.54) is 7.11 Å². The van der Waals surface area contributed by atoms with Gasteiger partial charge >= 0.3 is 0 Å². The van der Waals surface area contributed by atoms with Gasteiger partial charge in [-0.25, -0.2) is 0 Å². The summed E-state index contributed by atoms with van der Waals surface area (Å²) in [5.41, 5.74) is 6.19. The van der Waals surface area contributed by atoms with Crippen LogP contribution in [0.25, 0.3) is 0 Å². The highest BCUT2D eigenvalue weighted by Crippen LogP contribution is 2.27. The number of ether oxygens (including phenoxy) is 1. The third-order valence-corrected chi connectivity index (χ3v) is 2.92. The van der Waals surface area contributed by atoms with Crippen LogP contribution in [0.4, 0.5) is 0 Å². The first-order valence-corrected chi connectivity index (χ1v) is 6.11. The van der Waals surface area contributed by atoms with Gasteiger partial charge in [0.1, 0.15) is 5.69 Å². The van der Waals surface area contributed by atoms with Crippen LogP contribution in [0, 0.1) is 5.41 Å². The van der Waals surface area contributed by atoms with Crippen LogP contribution < -0.4 is 10.5 Å². The number of Topliss-reactive ketones (excluding diaryl/α,β-unsaturated/α-hetero) is 1. The highest BCUT2D eigenvalue weighted by atomic mass is 16.5. The Morgan fingerprint density at radius 3 is 2.39 bits per heavy atom. The molecule has 0 aliphatic rings. The van der Waals surface area contributed by atoms with E-state index >= 15 is 0 Å². The van der Waals surface area contributed by atoms with Gasteiger partial charge in [0, 0.05) is 6.04 Å². The molecule has 0 aromatic carbocycles. The maximum atomic E-state index is 12.5. The van der Waals surface area contributed by atoms with Gasteiger partial charge in [-0.15, -0.1) is 0 Å². The average molecular weight is 253 g/mol. The van der Waals surface area contributed by atoms with E-state index in [0.29, 0.717) is 11.4 Å². The normalized spacial score (nSPS) is 13.8. The van der Waals surface area contributed by atoms with E-state index in [9.17, 15) is 4.79 Å². The molecule has 5 heteroatoms. The molecule has 0 saturated carbocycles. The minimum atomic E-state index is -0.583. The predicted octanol–water partition coefficient (Wildman–Crippen LogP) is 2.03. The lowest BCUT2D eigenvalue weighted by Gasteiger charge is -2.26. The molecule has 0 spiro atoms. The SMILES string of the molecule is COc1cnn(C(C)C)c1C(=O)C(N)C(C)(C)C. The van der Waals surface area contributed by atoms with Crippen LogP contribution in [0.1, 0.15) is 51.1 Å². The number of hydrogen-bond donors (Lipinski definition) is 1. The van der Waals surface area contributed by atoms with E-state index in [2.05, 4.69) is 5.10 Å². The molecule has 18 heavy (non-hydrogen) atoms. The summed E-state index contributed by atoms with van der Waals surface area (Å²) in [6, 6.07) is -0.499. The average Bonchev–Trinajstić information content (AvgIpc) is 2.69. The van der Waals surface area contributed by atoms with Gasteiger partial charge in [-0.2, -0.15) is 5.10 Å². The summed E-state index contributed by atoms with van der Waals surface area (Å²) in [5.74, 6) is 0.346. The van der Waals surface area contributed by atoms with Crippen LogP contribution in [0.5, 0.6) is 5.75 Å². The number of carbonyl (C=O) groups excluding carboxylic acids is 1. The molecule has 0 bridgehead atoms. The van der Waals surface area contributed by atoms with Crippen LogP contribution in [0.15, 0.2) is 6.20 Å². The van der Waals surface area contributed by atoms with Crippen molar-refractivity contribution in [3.8, 4) is 5.75 Å². The Labute approximate surface area is 108 Å². The zero-order chi connectivity index (χ0) is 14.1. The summed E-state index contributed by atoms with van der Waals surface area (Å²) in [6.07, 6.45) is 1.56. The molecular weight excluding hydrogens is 230 g/mol. The molecule has 0 fully saturated rings. The fourth-order valence-corrected chi connectivity index (χ4v) is 1.66. The van der Waals surface area contributed by atoms with Gasteiger partial charge in [0.25, 0.3) is 0 Å². The number of carbonyl (C=O) groups is 1. The summed E-state index contributed by atoms with van der Waals surface area (Å²) in [7, 11) is 1.53. The Bertz CT molecular complexity index is 430. The standard InChI is InChI=1S/C13H23N3O2/c1-8(2)16-10(9(18-6)7-15-16)11(17)12(14)13(3,4)5/h7-8,12H,14H2,1-6H3. The molecule has 1 aromatic rings. The van der Waals surface area contributed by atoms with Crippen molar-refractivity contribution in [2.24, 2.45) is 11.1 Å². The van der Waals surface area contributed by atoms with Crippen molar-refractivity contribution in [1.82, 2.24) is 9.78 Å². The van der Waals surface area contributed by atoms with Crippen molar-refractivity contribution < 1.29 is 9.53 Å². The van der Waals surface area contributed by atoms with E-state index in [1.54, 1.807) is 10.9 Å². The zero-order valence-electron chi connectivity index (χ0n) is 12.0. The highest BCUT2D eigenvalue weighted by molar-refractivity contribution is 6.01. The first kappa shape index (κ1) is 14.7. The molecule has 1 heterocycles. The second-order valence-corrected chi connectivity index (χ2v) is 5.81. The number of rotatable bonds is 4. The van der Waals surface area contributed by atoms with Gasteiger partial charge in [0.15, 0.2) is 5.75 Å². The third kappa shape index (κ3) is 2.72. The summed E-state index contributed by atoms with van der Waals surface area (Å²) in [6.45, 7) is 9.76. The monoisotopic (exact) mass is 253 g/mol. The highest BCUT2D eigenvalue weighted by Gasteiger charge is 2.33. The maximum absolute atomic E-state index is 12.5. The quantitative estimate of drug-likeness (QED) is 0.833. The van der Waals surface area contributed by atoms with Crippen molar-refractivity contribution in [2.75, 3.05) is 7.11 Å². The number of methoxy groups -OCH3 is 1. The van der Waals surface area contributed by atoms with Crippen LogP contribution in [0.3, 0.4) is 0 Å². The number of nitrogens with two attached hydrogens (primary N) is 1. The van der Waals surface area contributed by atoms with Gasteiger partial charge in [-0.1, -0.05) is 20.8 Å². The zero-order valence-corrected chi connectivity index (χ0v) is 12.0. The van der Waals surface area contributed by atoms with Crippen molar-refractivity contribution in [3.05, 3.63) is 11.9 Å². The second kappa shape index (κ2) is 5.10. The Balaban J connectivity index is 3.23. The second-order valence-electron chi connectivity index (χ2n) is 5.81. The molecule has 0 aliphatic carbocycles. The molecule has 1 atom stereocenters. The van der Waals surface area contributed by atoms with Crippen molar-refractivity contribution >= 4 is 5.78 Å². The lowest BCUT2D eigenvalue weighted by atomic mass is 9.84. The number of nitrogens with zero attached hydrogens (tertiary/aromatic N) is 2. The molecule has 0 aliphatic heterocycles. The maximum Gasteiger partial charge on any atom is 0.201 e. The van der Waals surface area contributed by atoms with E-state index < -0.39 is 6.04 Å². The smallest absolute Gasteiger partial charge is 0.201 e. The van der Waals surface area contributed by atoms with Crippen LogP contribution in [0.2, 0.25) is 0 Å². The van der Waals surface area contributed by atoms with Gasteiger partial charge in [-0.05, 0) is 19.3 Å². The molecular formula is C13H23N3O2. The Morgan fingerprint density at radius 2 is 2.00 bits per heavy atom. The van der Waals surface area contributed by atoms with E-state index in [-0.39, 0.29) is 17.2 Å². The van der Waals surface area contributed by atoms with Gasteiger partial charge in [-0.3, -0.25) is 9.48 Å². The Hall–Kier alpha value is -1.36.